The molecular weight excluding hydrogens is 482 g/mol. The monoisotopic (exact) mass is 513 g/mol. The summed E-state index contributed by atoms with van der Waals surface area (Å²) >= 11 is 6.20. The Balaban J connectivity index is 1.67. The van der Waals surface area contributed by atoms with Crippen LogP contribution in [0.1, 0.15) is 19.4 Å². The molecule has 0 saturated carbocycles. The van der Waals surface area contributed by atoms with Crippen molar-refractivity contribution in [3.8, 4) is 22.8 Å². The third-order valence-electron chi connectivity index (χ3n) is 6.01. The molecule has 0 bridgehead atoms. The van der Waals surface area contributed by atoms with Crippen molar-refractivity contribution in [1.82, 2.24) is 24.6 Å². The van der Waals surface area contributed by atoms with Gasteiger partial charge in [0.2, 0.25) is 5.91 Å². The average molecular weight is 514 g/mol. The van der Waals surface area contributed by atoms with E-state index in [0.29, 0.717) is 27.8 Å². The maximum absolute atomic E-state index is 13.5. The molecule has 0 unspecified atom stereocenters. The zero-order valence-corrected chi connectivity index (χ0v) is 21.6. The minimum Gasteiger partial charge on any atom is -0.496 e. The lowest BCUT2D eigenvalue weighted by atomic mass is 10.1. The molecule has 1 N–H and O–H groups in total. The van der Waals surface area contributed by atoms with Crippen LogP contribution in [0, 0.1) is 0 Å². The number of rotatable bonds is 9. The molecule has 1 aliphatic heterocycles. The van der Waals surface area contributed by atoms with E-state index in [0.717, 1.165) is 44.8 Å². The van der Waals surface area contributed by atoms with Crippen LogP contribution in [0.5, 0.6) is 5.75 Å². The molecule has 0 radical (unpaired) electrons. The van der Waals surface area contributed by atoms with Crippen molar-refractivity contribution < 1.29 is 14.3 Å². The van der Waals surface area contributed by atoms with Crippen LogP contribution in [-0.4, -0.2) is 71.2 Å². The number of morpholine rings is 1. The van der Waals surface area contributed by atoms with Crippen molar-refractivity contribution in [1.29, 1.82) is 0 Å². The number of halogens is 1. The zero-order chi connectivity index (χ0) is 25.7. The van der Waals surface area contributed by atoms with E-state index in [-0.39, 0.29) is 18.5 Å². The minimum absolute atomic E-state index is 0.0489. The molecule has 0 atom stereocenters. The quantitative estimate of drug-likeness (QED) is 0.473. The van der Waals surface area contributed by atoms with Gasteiger partial charge in [-0.05, 0) is 44.0 Å². The average Bonchev–Trinajstić information content (AvgIpc) is 3.18. The number of methoxy groups -OCH3 is 1. The number of carbonyl (C=O) groups excluding carboxylic acids is 1. The number of amides is 1. The highest BCUT2D eigenvalue weighted by Gasteiger charge is 2.20. The van der Waals surface area contributed by atoms with Gasteiger partial charge in [-0.15, -0.1) is 5.10 Å². The van der Waals surface area contributed by atoms with Crippen LogP contribution >= 0.6 is 11.6 Å². The first kappa shape index (κ1) is 25.9. The lowest BCUT2D eigenvalue weighted by Gasteiger charge is -2.26. The molecule has 10 heteroatoms. The summed E-state index contributed by atoms with van der Waals surface area (Å²) < 4.78 is 13.7. The van der Waals surface area contributed by atoms with Gasteiger partial charge >= 0.3 is 5.69 Å². The Morgan fingerprint density at radius 3 is 2.67 bits per heavy atom. The van der Waals surface area contributed by atoms with Crippen LogP contribution < -0.4 is 15.7 Å². The SMILES string of the molecule is COc1cc(-n2nc(-c3cccc(Cl)c3)n(CC(=O)NC(C)C)c2=O)ccc1CCN1CCOCC1. The molecule has 0 spiro atoms. The number of ether oxygens (including phenoxy) is 2. The fourth-order valence-electron chi connectivity index (χ4n) is 4.23. The topological polar surface area (TPSA) is 90.6 Å². The fraction of sp³-hybridized carbons (Fsp3) is 0.423. The van der Waals surface area contributed by atoms with Gasteiger partial charge in [0.1, 0.15) is 12.3 Å². The number of nitrogens with one attached hydrogen (secondary N) is 1. The highest BCUT2D eigenvalue weighted by molar-refractivity contribution is 6.30. The summed E-state index contributed by atoms with van der Waals surface area (Å²) in [6, 6.07) is 12.6. The minimum atomic E-state index is -0.424. The van der Waals surface area contributed by atoms with Gasteiger partial charge in [-0.3, -0.25) is 14.3 Å². The van der Waals surface area contributed by atoms with Crippen molar-refractivity contribution in [2.24, 2.45) is 0 Å². The molecule has 1 fully saturated rings. The van der Waals surface area contributed by atoms with Crippen molar-refractivity contribution in [2.75, 3.05) is 40.0 Å². The van der Waals surface area contributed by atoms with Crippen LogP contribution in [0.2, 0.25) is 5.02 Å². The summed E-state index contributed by atoms with van der Waals surface area (Å²) in [4.78, 5) is 28.4. The Kier molecular flexibility index (Phi) is 8.45. The molecule has 0 aliphatic carbocycles. The predicted molar refractivity (Wildman–Crippen MR) is 139 cm³/mol. The van der Waals surface area contributed by atoms with Crippen LogP contribution in [0.25, 0.3) is 17.1 Å². The van der Waals surface area contributed by atoms with E-state index in [9.17, 15) is 9.59 Å². The van der Waals surface area contributed by atoms with Gasteiger partial charge < -0.3 is 14.8 Å². The Bertz CT molecular complexity index is 1260. The van der Waals surface area contributed by atoms with E-state index in [1.54, 1.807) is 25.3 Å². The van der Waals surface area contributed by atoms with Gasteiger partial charge in [0.25, 0.3) is 0 Å². The third kappa shape index (κ3) is 6.16. The second-order valence-electron chi connectivity index (χ2n) is 9.04. The number of aromatic nitrogens is 3. The first-order chi connectivity index (χ1) is 17.4. The smallest absolute Gasteiger partial charge is 0.351 e. The Hall–Kier alpha value is -3.14. The molecule has 1 amide bonds. The maximum atomic E-state index is 13.5. The molecule has 1 saturated heterocycles. The number of benzene rings is 2. The second-order valence-corrected chi connectivity index (χ2v) is 9.47. The number of nitrogens with zero attached hydrogens (tertiary/aromatic N) is 4. The van der Waals surface area contributed by atoms with Gasteiger partial charge in [0, 0.05) is 42.3 Å². The summed E-state index contributed by atoms with van der Waals surface area (Å²) in [5.74, 6) is 0.770. The van der Waals surface area contributed by atoms with Crippen molar-refractivity contribution in [3.05, 3.63) is 63.5 Å². The summed E-state index contributed by atoms with van der Waals surface area (Å²) in [7, 11) is 1.62. The summed E-state index contributed by atoms with van der Waals surface area (Å²) in [5, 5.41) is 7.94. The first-order valence-corrected chi connectivity index (χ1v) is 12.5. The van der Waals surface area contributed by atoms with Crippen molar-refractivity contribution in [2.45, 2.75) is 32.9 Å². The normalized spacial score (nSPS) is 14.2. The van der Waals surface area contributed by atoms with E-state index >= 15 is 0 Å². The van der Waals surface area contributed by atoms with E-state index in [4.69, 9.17) is 21.1 Å². The summed E-state index contributed by atoms with van der Waals surface area (Å²) in [5.41, 5.74) is 1.82. The molecule has 36 heavy (non-hydrogen) atoms. The van der Waals surface area contributed by atoms with E-state index < -0.39 is 5.69 Å². The molecule has 3 aromatic rings. The lowest BCUT2D eigenvalue weighted by molar-refractivity contribution is -0.122. The molecule has 4 rings (SSSR count). The van der Waals surface area contributed by atoms with Crippen LogP contribution in [-0.2, 0) is 22.5 Å². The third-order valence-corrected chi connectivity index (χ3v) is 6.25. The molecule has 2 heterocycles. The van der Waals surface area contributed by atoms with Crippen molar-refractivity contribution in [3.63, 3.8) is 0 Å². The summed E-state index contributed by atoms with van der Waals surface area (Å²) in [6.45, 7) is 7.83. The first-order valence-electron chi connectivity index (χ1n) is 12.1. The van der Waals surface area contributed by atoms with Gasteiger partial charge in [0.15, 0.2) is 5.82 Å². The predicted octanol–water partition coefficient (Wildman–Crippen LogP) is 2.76. The standard InChI is InChI=1S/C26H32ClN5O4/c1-18(2)28-24(33)17-31-25(20-5-4-6-21(27)15-20)29-32(26(31)34)22-8-7-19(23(16-22)35-3)9-10-30-11-13-36-14-12-30/h4-8,15-16,18H,9-14,17H2,1-3H3,(H,28,33). The molecule has 9 nitrogen and oxygen atoms in total. The Morgan fingerprint density at radius 1 is 1.19 bits per heavy atom. The zero-order valence-electron chi connectivity index (χ0n) is 20.9. The highest BCUT2D eigenvalue weighted by atomic mass is 35.5. The maximum Gasteiger partial charge on any atom is 0.351 e. The fourth-order valence-corrected chi connectivity index (χ4v) is 4.42. The Morgan fingerprint density at radius 2 is 1.97 bits per heavy atom. The Labute approximate surface area is 215 Å². The largest absolute Gasteiger partial charge is 0.496 e. The van der Waals surface area contributed by atoms with E-state index in [1.165, 1.54) is 9.25 Å². The van der Waals surface area contributed by atoms with Gasteiger partial charge in [-0.2, -0.15) is 4.68 Å². The molecular formula is C26H32ClN5O4. The second kappa shape index (κ2) is 11.7. The van der Waals surface area contributed by atoms with Gasteiger partial charge in [-0.25, -0.2) is 4.79 Å². The van der Waals surface area contributed by atoms with E-state index in [1.807, 2.05) is 38.1 Å². The van der Waals surface area contributed by atoms with Gasteiger partial charge in [0.05, 0.1) is 26.0 Å². The summed E-state index contributed by atoms with van der Waals surface area (Å²) in [6.07, 6.45) is 0.815. The lowest BCUT2D eigenvalue weighted by Crippen LogP contribution is -2.37. The van der Waals surface area contributed by atoms with Gasteiger partial charge in [-0.1, -0.05) is 29.8 Å². The molecule has 1 aromatic heterocycles. The number of carbonyl (C=O) groups is 1. The van der Waals surface area contributed by atoms with Crippen LogP contribution in [0.3, 0.4) is 0 Å². The van der Waals surface area contributed by atoms with Crippen LogP contribution in [0.4, 0.5) is 0 Å². The number of hydrogen-bond donors (Lipinski definition) is 1. The van der Waals surface area contributed by atoms with E-state index in [2.05, 4.69) is 15.3 Å². The number of hydrogen-bond acceptors (Lipinski definition) is 6. The van der Waals surface area contributed by atoms with Crippen LogP contribution in [0.15, 0.2) is 47.3 Å². The highest BCUT2D eigenvalue weighted by Crippen LogP contribution is 2.25. The molecule has 2 aromatic carbocycles. The van der Waals surface area contributed by atoms with Crippen molar-refractivity contribution >= 4 is 17.5 Å². The molecule has 1 aliphatic rings. The molecule has 192 valence electrons.